The maximum Gasteiger partial charge on any atom is 0.260 e. The van der Waals surface area contributed by atoms with E-state index in [1.807, 2.05) is 26.0 Å². The molecule has 0 saturated heterocycles. The van der Waals surface area contributed by atoms with Crippen molar-refractivity contribution in [3.8, 4) is 5.75 Å². The summed E-state index contributed by atoms with van der Waals surface area (Å²) in [4.78, 5) is 20.9. The van der Waals surface area contributed by atoms with Gasteiger partial charge in [-0.3, -0.25) is 9.78 Å². The van der Waals surface area contributed by atoms with Gasteiger partial charge in [0.05, 0.1) is 0 Å². The molecule has 0 aliphatic carbocycles. The van der Waals surface area contributed by atoms with Crippen molar-refractivity contribution < 1.29 is 14.4 Å². The van der Waals surface area contributed by atoms with Crippen LogP contribution < -0.4 is 15.8 Å². The number of nitrogens with two attached hydrogens (primary N) is 1. The van der Waals surface area contributed by atoms with Crippen molar-refractivity contribution in [3.63, 3.8) is 0 Å². The second-order valence-corrected chi connectivity index (χ2v) is 6.01. The lowest BCUT2D eigenvalue weighted by atomic mass is 10.2. The number of nitrogens with zero attached hydrogens (tertiary/aromatic N) is 2. The first-order chi connectivity index (χ1) is 13.1. The molecule has 3 N–H and O–H groups in total. The second kappa shape index (κ2) is 10.8. The van der Waals surface area contributed by atoms with E-state index in [1.54, 1.807) is 36.7 Å². The van der Waals surface area contributed by atoms with Crippen molar-refractivity contribution in [3.05, 3.63) is 59.9 Å². The van der Waals surface area contributed by atoms with E-state index in [1.165, 1.54) is 0 Å². The zero-order valence-corrected chi connectivity index (χ0v) is 15.7. The minimum absolute atomic E-state index is 0.154. The van der Waals surface area contributed by atoms with E-state index in [2.05, 4.69) is 15.5 Å². The van der Waals surface area contributed by atoms with Crippen LogP contribution in [-0.2, 0) is 16.2 Å². The summed E-state index contributed by atoms with van der Waals surface area (Å²) in [6, 6.07) is 11.1. The molecule has 0 bridgehead atoms. The van der Waals surface area contributed by atoms with Gasteiger partial charge in [-0.25, -0.2) is 0 Å². The van der Waals surface area contributed by atoms with Gasteiger partial charge in [0.15, 0.2) is 12.4 Å². The molecule has 1 heterocycles. The van der Waals surface area contributed by atoms with Gasteiger partial charge in [0.1, 0.15) is 12.4 Å². The quantitative estimate of drug-likeness (QED) is 0.380. The molecule has 7 heteroatoms. The number of ether oxygens (including phenoxy) is 1. The lowest BCUT2D eigenvalue weighted by Gasteiger charge is -2.13. The molecular formula is C20H26N4O3. The molecule has 0 atom stereocenters. The highest BCUT2D eigenvalue weighted by atomic mass is 16.6. The van der Waals surface area contributed by atoms with Crippen molar-refractivity contribution in [2.75, 3.05) is 6.61 Å². The summed E-state index contributed by atoms with van der Waals surface area (Å²) in [6.45, 7) is 4.32. The molecule has 0 unspecified atom stereocenters. The fourth-order valence-electron chi connectivity index (χ4n) is 2.35. The monoisotopic (exact) mass is 370 g/mol. The summed E-state index contributed by atoms with van der Waals surface area (Å²) in [6.07, 6.45) is 5.24. The van der Waals surface area contributed by atoms with E-state index in [0.29, 0.717) is 17.9 Å². The van der Waals surface area contributed by atoms with Crippen LogP contribution in [0.3, 0.4) is 0 Å². The summed E-state index contributed by atoms with van der Waals surface area (Å²) in [7, 11) is 0. The Hall–Kier alpha value is -3.09. The smallest absolute Gasteiger partial charge is 0.260 e. The third-order valence-corrected chi connectivity index (χ3v) is 3.99. The summed E-state index contributed by atoms with van der Waals surface area (Å²) < 4.78 is 5.69. The predicted octanol–water partition coefficient (Wildman–Crippen LogP) is 2.60. The first-order valence-electron chi connectivity index (χ1n) is 8.99. The Labute approximate surface area is 159 Å². The molecule has 1 aromatic heterocycles. The third-order valence-electron chi connectivity index (χ3n) is 3.99. The minimum Gasteiger partial charge on any atom is -0.489 e. The number of rotatable bonds is 10. The Bertz CT molecular complexity index is 729. The average Bonchev–Trinajstić information content (AvgIpc) is 2.71. The first-order valence-corrected chi connectivity index (χ1v) is 8.99. The predicted molar refractivity (Wildman–Crippen MR) is 104 cm³/mol. The van der Waals surface area contributed by atoms with Crippen molar-refractivity contribution >= 4 is 11.7 Å². The largest absolute Gasteiger partial charge is 0.489 e. The molecule has 1 amide bonds. The summed E-state index contributed by atoms with van der Waals surface area (Å²) in [5, 5.41) is 6.67. The molecular weight excluding hydrogens is 344 g/mol. The van der Waals surface area contributed by atoms with Crippen molar-refractivity contribution in [1.82, 2.24) is 10.3 Å². The number of carbonyl (C=O) groups is 1. The first kappa shape index (κ1) is 20.2. The van der Waals surface area contributed by atoms with Gasteiger partial charge in [-0.15, -0.1) is 0 Å². The van der Waals surface area contributed by atoms with E-state index >= 15 is 0 Å². The number of nitrogens with one attached hydrogen (secondary N) is 1. The average molecular weight is 370 g/mol. The lowest BCUT2D eigenvalue weighted by Crippen LogP contribution is -2.36. The number of amides is 1. The van der Waals surface area contributed by atoms with Gasteiger partial charge in [0, 0.05) is 29.6 Å². The Kier molecular flexibility index (Phi) is 8.09. The lowest BCUT2D eigenvalue weighted by molar-refractivity contribution is -0.126. The van der Waals surface area contributed by atoms with Crippen LogP contribution in [0.4, 0.5) is 0 Å². The maximum absolute atomic E-state index is 11.8. The van der Waals surface area contributed by atoms with Crippen LogP contribution in [0.15, 0.2) is 53.9 Å². The normalized spacial score (nSPS) is 11.3. The van der Waals surface area contributed by atoms with Crippen LogP contribution >= 0.6 is 0 Å². The number of oxime groups is 1. The molecule has 1 aromatic carbocycles. The molecule has 27 heavy (non-hydrogen) atoms. The molecule has 0 radical (unpaired) electrons. The summed E-state index contributed by atoms with van der Waals surface area (Å²) in [5.74, 6) is 0.699. The molecule has 7 nitrogen and oxygen atoms in total. The third kappa shape index (κ3) is 6.97. The second-order valence-electron chi connectivity index (χ2n) is 6.01. The fourth-order valence-corrected chi connectivity index (χ4v) is 2.35. The number of aromatic nitrogens is 1. The zero-order valence-electron chi connectivity index (χ0n) is 15.7. The highest BCUT2D eigenvalue weighted by Gasteiger charge is 2.08. The number of hydrogen-bond acceptors (Lipinski definition) is 5. The Morgan fingerprint density at radius 3 is 2.59 bits per heavy atom. The molecule has 0 fully saturated rings. The molecule has 0 saturated carbocycles. The van der Waals surface area contributed by atoms with E-state index in [0.717, 1.165) is 18.4 Å². The number of hydrogen-bond donors (Lipinski definition) is 2. The number of amidine groups is 1. The molecule has 0 spiro atoms. The molecule has 0 aliphatic rings. The van der Waals surface area contributed by atoms with Crippen LogP contribution in [0.25, 0.3) is 0 Å². The van der Waals surface area contributed by atoms with Gasteiger partial charge >= 0.3 is 0 Å². The van der Waals surface area contributed by atoms with E-state index in [4.69, 9.17) is 15.3 Å². The van der Waals surface area contributed by atoms with Crippen LogP contribution in [0, 0.1) is 0 Å². The SMILES string of the molecule is CCC(CC)NC(=O)CO/N=C(/N)c1ccc(OCc2cccnc2)cc1. The molecule has 2 rings (SSSR count). The van der Waals surface area contributed by atoms with Crippen LogP contribution in [0.1, 0.15) is 37.8 Å². The molecule has 2 aromatic rings. The standard InChI is InChI=1S/C20H26N4O3/c1-3-17(4-2)23-19(25)14-27-24-20(21)16-7-9-18(10-8-16)26-13-15-6-5-11-22-12-15/h5-12,17H,3-4,13-14H2,1-2H3,(H2,21,24)(H,23,25). The highest BCUT2D eigenvalue weighted by Crippen LogP contribution is 2.14. The Morgan fingerprint density at radius 2 is 1.96 bits per heavy atom. The summed E-state index contributed by atoms with van der Waals surface area (Å²) >= 11 is 0. The van der Waals surface area contributed by atoms with E-state index < -0.39 is 0 Å². The number of benzene rings is 1. The van der Waals surface area contributed by atoms with Crippen molar-refractivity contribution in [1.29, 1.82) is 0 Å². The number of carbonyl (C=O) groups excluding carboxylic acids is 1. The van der Waals surface area contributed by atoms with Crippen LogP contribution in [-0.4, -0.2) is 29.4 Å². The van der Waals surface area contributed by atoms with Gasteiger partial charge in [-0.2, -0.15) is 0 Å². The van der Waals surface area contributed by atoms with Gasteiger partial charge in [-0.1, -0.05) is 25.1 Å². The van der Waals surface area contributed by atoms with Gasteiger partial charge in [0.25, 0.3) is 5.91 Å². The Balaban J connectivity index is 1.81. The highest BCUT2D eigenvalue weighted by molar-refractivity contribution is 5.97. The molecule has 0 aliphatic heterocycles. The maximum atomic E-state index is 11.8. The van der Waals surface area contributed by atoms with Crippen LogP contribution in [0.5, 0.6) is 5.75 Å². The zero-order chi connectivity index (χ0) is 19.5. The number of pyridine rings is 1. The van der Waals surface area contributed by atoms with Crippen molar-refractivity contribution in [2.45, 2.75) is 39.3 Å². The topological polar surface area (TPSA) is 98.8 Å². The van der Waals surface area contributed by atoms with E-state index in [9.17, 15) is 4.79 Å². The van der Waals surface area contributed by atoms with E-state index in [-0.39, 0.29) is 24.4 Å². The van der Waals surface area contributed by atoms with Crippen molar-refractivity contribution in [2.24, 2.45) is 10.9 Å². The van der Waals surface area contributed by atoms with Gasteiger partial charge < -0.3 is 20.6 Å². The van der Waals surface area contributed by atoms with Crippen LogP contribution in [0.2, 0.25) is 0 Å². The van der Waals surface area contributed by atoms with Gasteiger partial charge in [-0.05, 0) is 43.2 Å². The Morgan fingerprint density at radius 1 is 1.22 bits per heavy atom. The minimum atomic E-state index is -0.209. The molecule has 144 valence electrons. The summed E-state index contributed by atoms with van der Waals surface area (Å²) in [5.41, 5.74) is 7.57. The fraction of sp³-hybridized carbons (Fsp3) is 0.350. The van der Waals surface area contributed by atoms with Gasteiger partial charge in [0.2, 0.25) is 0 Å².